The average molecular weight is 362 g/mol. The van der Waals surface area contributed by atoms with E-state index in [1.54, 1.807) is 0 Å². The number of hydrogen-bond acceptors (Lipinski definition) is 3. The summed E-state index contributed by atoms with van der Waals surface area (Å²) in [6.07, 6.45) is 7.15. The van der Waals surface area contributed by atoms with Crippen LogP contribution in [0.4, 0.5) is 0 Å². The van der Waals surface area contributed by atoms with Gasteiger partial charge in [-0.2, -0.15) is 0 Å². The van der Waals surface area contributed by atoms with E-state index >= 15 is 0 Å². The number of rotatable bonds is 10. The van der Waals surface area contributed by atoms with Crippen LogP contribution < -0.4 is 10.1 Å². The Morgan fingerprint density at radius 2 is 1.73 bits per heavy atom. The van der Waals surface area contributed by atoms with E-state index in [4.69, 9.17) is 9.47 Å². The minimum absolute atomic E-state index is 0.143. The summed E-state index contributed by atoms with van der Waals surface area (Å²) in [5.74, 6) is 3.17. The van der Waals surface area contributed by atoms with Crippen molar-refractivity contribution in [2.75, 3.05) is 13.7 Å². The molecular weight excluding hydrogens is 322 g/mol. The molecule has 1 fully saturated rings. The predicted octanol–water partition coefficient (Wildman–Crippen LogP) is 5.95. The summed E-state index contributed by atoms with van der Waals surface area (Å²) in [6.45, 7) is 9.84. The molecule has 0 spiro atoms. The molecule has 26 heavy (non-hydrogen) atoms. The Morgan fingerprint density at radius 3 is 2.27 bits per heavy atom. The lowest BCUT2D eigenvalue weighted by Gasteiger charge is -2.27. The van der Waals surface area contributed by atoms with Crippen molar-refractivity contribution in [3.8, 4) is 5.75 Å². The normalized spacial score (nSPS) is 23.0. The van der Waals surface area contributed by atoms with Crippen molar-refractivity contribution in [1.82, 2.24) is 5.32 Å². The van der Waals surface area contributed by atoms with E-state index in [2.05, 4.69) is 57.3 Å². The van der Waals surface area contributed by atoms with Gasteiger partial charge in [0.2, 0.25) is 0 Å². The summed E-state index contributed by atoms with van der Waals surface area (Å²) in [4.78, 5) is 0. The van der Waals surface area contributed by atoms with Gasteiger partial charge in [0.05, 0.1) is 6.61 Å². The van der Waals surface area contributed by atoms with Gasteiger partial charge in [-0.15, -0.1) is 0 Å². The van der Waals surface area contributed by atoms with Crippen molar-refractivity contribution >= 4 is 0 Å². The molecule has 3 heteroatoms. The second-order valence-corrected chi connectivity index (χ2v) is 8.45. The predicted molar refractivity (Wildman–Crippen MR) is 109 cm³/mol. The van der Waals surface area contributed by atoms with Gasteiger partial charge in [0.25, 0.3) is 0 Å². The first kappa shape index (κ1) is 21.2. The number of nitrogens with one attached hydrogen (secondary N) is 1. The molecule has 1 aliphatic rings. The Labute approximate surface area is 160 Å². The van der Waals surface area contributed by atoms with E-state index in [9.17, 15) is 0 Å². The van der Waals surface area contributed by atoms with Gasteiger partial charge in [0.15, 0.2) is 6.29 Å². The Bertz CT molecular complexity index is 491. The van der Waals surface area contributed by atoms with E-state index in [-0.39, 0.29) is 6.29 Å². The van der Waals surface area contributed by atoms with Crippen LogP contribution in [-0.2, 0) is 4.74 Å². The first-order chi connectivity index (χ1) is 12.5. The van der Waals surface area contributed by atoms with Crippen molar-refractivity contribution in [3.63, 3.8) is 0 Å². The molecule has 148 valence electrons. The first-order valence-corrected chi connectivity index (χ1v) is 10.6. The van der Waals surface area contributed by atoms with Crippen LogP contribution in [0.1, 0.15) is 77.8 Å². The maximum atomic E-state index is 6.09. The fraction of sp³-hybridized carbons (Fsp3) is 0.739. The molecule has 0 heterocycles. The Hall–Kier alpha value is -1.06. The molecule has 3 nitrogen and oxygen atoms in total. The van der Waals surface area contributed by atoms with Crippen LogP contribution in [-0.4, -0.2) is 19.9 Å². The SMILES string of the molecule is CCC(OCC1CCC(C)CC1)Oc1ccc(C(CC(C)C)NC)cc1. The molecule has 1 aromatic carbocycles. The maximum absolute atomic E-state index is 6.09. The molecule has 2 unspecified atom stereocenters. The smallest absolute Gasteiger partial charge is 0.199 e. The molecule has 0 aromatic heterocycles. The van der Waals surface area contributed by atoms with Crippen molar-refractivity contribution in [2.24, 2.45) is 17.8 Å². The van der Waals surface area contributed by atoms with Crippen molar-refractivity contribution in [2.45, 2.75) is 78.6 Å². The van der Waals surface area contributed by atoms with Gasteiger partial charge in [-0.3, -0.25) is 0 Å². The lowest BCUT2D eigenvalue weighted by Crippen LogP contribution is -2.25. The van der Waals surface area contributed by atoms with E-state index in [0.717, 1.165) is 31.1 Å². The number of ether oxygens (including phenoxy) is 2. The van der Waals surface area contributed by atoms with Crippen LogP contribution in [0.3, 0.4) is 0 Å². The van der Waals surface area contributed by atoms with E-state index in [1.165, 1.54) is 31.2 Å². The van der Waals surface area contributed by atoms with Gasteiger partial charge < -0.3 is 14.8 Å². The van der Waals surface area contributed by atoms with Crippen molar-refractivity contribution < 1.29 is 9.47 Å². The molecule has 0 bridgehead atoms. The van der Waals surface area contributed by atoms with Gasteiger partial charge >= 0.3 is 0 Å². The minimum Gasteiger partial charge on any atom is -0.465 e. The largest absolute Gasteiger partial charge is 0.465 e. The van der Waals surface area contributed by atoms with Crippen LogP contribution >= 0.6 is 0 Å². The highest BCUT2D eigenvalue weighted by atomic mass is 16.7. The van der Waals surface area contributed by atoms with Crippen molar-refractivity contribution in [1.29, 1.82) is 0 Å². The summed E-state index contributed by atoms with van der Waals surface area (Å²) in [5.41, 5.74) is 1.32. The Morgan fingerprint density at radius 1 is 1.08 bits per heavy atom. The number of benzene rings is 1. The molecule has 0 aliphatic heterocycles. The fourth-order valence-corrected chi connectivity index (χ4v) is 3.80. The molecule has 0 amide bonds. The van der Waals surface area contributed by atoms with Crippen molar-refractivity contribution in [3.05, 3.63) is 29.8 Å². The summed E-state index contributed by atoms with van der Waals surface area (Å²) in [6, 6.07) is 8.90. The third-order valence-corrected chi connectivity index (χ3v) is 5.59. The zero-order chi connectivity index (χ0) is 18.9. The van der Waals surface area contributed by atoms with Gasteiger partial charge in [0, 0.05) is 12.5 Å². The van der Waals surface area contributed by atoms with E-state index < -0.39 is 0 Å². The topological polar surface area (TPSA) is 30.5 Å². The van der Waals surface area contributed by atoms with Crippen LogP contribution in [0.5, 0.6) is 5.75 Å². The van der Waals surface area contributed by atoms with Gasteiger partial charge in [-0.1, -0.05) is 52.7 Å². The molecule has 2 atom stereocenters. The fourth-order valence-electron chi connectivity index (χ4n) is 3.80. The quantitative estimate of drug-likeness (QED) is 0.522. The molecule has 2 rings (SSSR count). The summed E-state index contributed by atoms with van der Waals surface area (Å²) >= 11 is 0. The summed E-state index contributed by atoms with van der Waals surface area (Å²) in [5, 5.41) is 3.42. The molecule has 1 aromatic rings. The molecule has 0 saturated heterocycles. The molecule has 1 saturated carbocycles. The molecular formula is C23H39NO2. The molecule has 0 radical (unpaired) electrons. The van der Waals surface area contributed by atoms with Gasteiger partial charge in [-0.05, 0) is 61.8 Å². The summed E-state index contributed by atoms with van der Waals surface area (Å²) in [7, 11) is 2.03. The highest BCUT2D eigenvalue weighted by molar-refractivity contribution is 5.29. The zero-order valence-electron chi connectivity index (χ0n) is 17.5. The van der Waals surface area contributed by atoms with E-state index in [0.29, 0.717) is 17.9 Å². The van der Waals surface area contributed by atoms with Crippen LogP contribution in [0.25, 0.3) is 0 Å². The Kier molecular flexibility index (Phi) is 8.94. The highest BCUT2D eigenvalue weighted by Gasteiger charge is 2.20. The number of hydrogen-bond donors (Lipinski definition) is 1. The molecule has 1 aliphatic carbocycles. The maximum Gasteiger partial charge on any atom is 0.199 e. The standard InChI is InChI=1S/C23H39NO2/c1-6-23(25-16-19-9-7-18(4)8-10-19)26-21-13-11-20(12-14-21)22(24-5)15-17(2)3/h11-14,17-19,22-24H,6-10,15-16H2,1-5H3. The van der Waals surface area contributed by atoms with Crippen LogP contribution in [0.15, 0.2) is 24.3 Å². The lowest BCUT2D eigenvalue weighted by atomic mass is 9.83. The highest BCUT2D eigenvalue weighted by Crippen LogP contribution is 2.29. The van der Waals surface area contributed by atoms with Gasteiger partial charge in [-0.25, -0.2) is 0 Å². The second-order valence-electron chi connectivity index (χ2n) is 8.45. The third kappa shape index (κ3) is 6.92. The second kappa shape index (κ2) is 10.9. The zero-order valence-corrected chi connectivity index (χ0v) is 17.5. The molecule has 1 N–H and O–H groups in total. The van der Waals surface area contributed by atoms with Crippen LogP contribution in [0, 0.1) is 17.8 Å². The van der Waals surface area contributed by atoms with Crippen LogP contribution in [0.2, 0.25) is 0 Å². The lowest BCUT2D eigenvalue weighted by molar-refractivity contribution is -0.0966. The monoisotopic (exact) mass is 361 g/mol. The Balaban J connectivity index is 1.83. The van der Waals surface area contributed by atoms with Gasteiger partial charge in [0.1, 0.15) is 5.75 Å². The third-order valence-electron chi connectivity index (χ3n) is 5.59. The summed E-state index contributed by atoms with van der Waals surface area (Å²) < 4.78 is 12.2. The first-order valence-electron chi connectivity index (χ1n) is 10.6. The average Bonchev–Trinajstić information content (AvgIpc) is 2.65. The minimum atomic E-state index is -0.143. The van der Waals surface area contributed by atoms with E-state index in [1.807, 2.05) is 7.05 Å².